The fourth-order valence-electron chi connectivity index (χ4n) is 6.06. The van der Waals surface area contributed by atoms with Crippen LogP contribution in [0.5, 0.6) is 11.5 Å². The van der Waals surface area contributed by atoms with Crippen molar-refractivity contribution in [2.45, 2.75) is 62.7 Å². The molecule has 5 rings (SSSR count). The first-order chi connectivity index (χ1) is 14.9. The Morgan fingerprint density at radius 3 is 2.74 bits per heavy atom. The summed E-state index contributed by atoms with van der Waals surface area (Å²) in [4.78, 5) is 39.1. The summed E-state index contributed by atoms with van der Waals surface area (Å²) in [7, 11) is 0. The number of Topliss-reactive ketones (excluding diaryl/α,β-unsaturated/α-hetero) is 1. The molecule has 1 aromatic rings. The summed E-state index contributed by atoms with van der Waals surface area (Å²) in [6, 6.07) is 2.88. The second kappa shape index (κ2) is 6.85. The molecule has 166 valence electrons. The maximum absolute atomic E-state index is 12.9. The van der Waals surface area contributed by atoms with Crippen LogP contribution in [-0.2, 0) is 26.1 Å². The summed E-state index contributed by atoms with van der Waals surface area (Å²) < 4.78 is 21.6. The van der Waals surface area contributed by atoms with Crippen molar-refractivity contribution < 1.29 is 38.4 Å². The number of piperidine rings is 1. The first kappa shape index (κ1) is 20.1. The third kappa shape index (κ3) is 2.49. The Balaban J connectivity index is 1.65. The van der Waals surface area contributed by atoms with Gasteiger partial charge in [-0.05, 0) is 44.7 Å². The van der Waals surface area contributed by atoms with E-state index < -0.39 is 35.4 Å². The van der Waals surface area contributed by atoms with Crippen molar-refractivity contribution in [2.75, 3.05) is 19.8 Å². The molecule has 1 saturated heterocycles. The highest BCUT2D eigenvalue weighted by Gasteiger charge is 2.73. The Morgan fingerprint density at radius 2 is 2.00 bits per heavy atom. The molecule has 2 unspecified atom stereocenters. The van der Waals surface area contributed by atoms with E-state index in [9.17, 15) is 19.5 Å². The molecule has 0 aromatic heterocycles. The highest BCUT2D eigenvalue weighted by Crippen LogP contribution is 2.64. The Bertz CT molecular complexity index is 977. The summed E-state index contributed by atoms with van der Waals surface area (Å²) in [5, 5.41) is 12.1. The van der Waals surface area contributed by atoms with Gasteiger partial charge in [0.2, 0.25) is 0 Å². The van der Waals surface area contributed by atoms with Crippen LogP contribution in [0, 0.1) is 0 Å². The van der Waals surface area contributed by atoms with Crippen LogP contribution in [0.3, 0.4) is 0 Å². The lowest BCUT2D eigenvalue weighted by atomic mass is 9.49. The molecular formula is C22H25NO8. The zero-order chi connectivity index (χ0) is 22.0. The van der Waals surface area contributed by atoms with Crippen molar-refractivity contribution in [2.24, 2.45) is 0 Å². The number of amides is 1. The normalized spacial score (nSPS) is 32.1. The highest BCUT2D eigenvalue weighted by molar-refractivity contribution is 5.90. The molecule has 4 aliphatic rings. The molecular weight excluding hydrogens is 406 g/mol. The number of benzene rings is 1. The first-order valence-electron chi connectivity index (χ1n) is 10.7. The van der Waals surface area contributed by atoms with E-state index in [0.29, 0.717) is 25.1 Å². The van der Waals surface area contributed by atoms with Crippen LogP contribution in [0.1, 0.15) is 44.2 Å². The molecule has 1 aromatic carbocycles. The van der Waals surface area contributed by atoms with E-state index in [-0.39, 0.29) is 37.6 Å². The van der Waals surface area contributed by atoms with Gasteiger partial charge in [0.05, 0.1) is 30.3 Å². The number of likely N-dealkylation sites (tertiary alicyclic amines) is 1. The number of nitrogens with zero attached hydrogens (tertiary/aromatic N) is 1. The molecule has 1 saturated carbocycles. The standard InChI is InChI=1S/C22H25NO8/c1-3-28-19(25)23-10-9-21-16-12-5-6-14(30-20(26)29-4-2)17(16)31-18(21)13(24)7-8-22(21,27)15(23)11-12/h5-6,15,18,27H,3-4,7-11H2,1-2H3/t15?,18-,21-,22?/m0/s1. The van der Waals surface area contributed by atoms with Crippen molar-refractivity contribution in [1.82, 2.24) is 4.90 Å². The zero-order valence-electron chi connectivity index (χ0n) is 17.5. The minimum atomic E-state index is -1.35. The highest BCUT2D eigenvalue weighted by atomic mass is 16.7. The number of rotatable bonds is 3. The summed E-state index contributed by atoms with van der Waals surface area (Å²) in [5.74, 6) is 0.383. The molecule has 31 heavy (non-hydrogen) atoms. The summed E-state index contributed by atoms with van der Waals surface area (Å²) in [6.07, 6.45) is -1.10. The average molecular weight is 431 g/mol. The largest absolute Gasteiger partial charge is 0.513 e. The molecule has 2 fully saturated rings. The zero-order valence-corrected chi connectivity index (χ0v) is 17.5. The third-order valence-corrected chi connectivity index (χ3v) is 7.20. The topological polar surface area (TPSA) is 112 Å². The molecule has 4 atom stereocenters. The van der Waals surface area contributed by atoms with Crippen molar-refractivity contribution in [3.8, 4) is 11.5 Å². The van der Waals surface area contributed by atoms with Crippen LogP contribution in [0.15, 0.2) is 12.1 Å². The quantitative estimate of drug-likeness (QED) is 0.572. The minimum absolute atomic E-state index is 0.0980. The fourth-order valence-corrected chi connectivity index (χ4v) is 6.06. The minimum Gasteiger partial charge on any atom is -0.477 e. The van der Waals surface area contributed by atoms with Gasteiger partial charge in [-0.2, -0.15) is 0 Å². The Hall–Kier alpha value is -2.81. The number of ether oxygens (including phenoxy) is 4. The molecule has 2 aliphatic carbocycles. The molecule has 1 amide bonds. The smallest absolute Gasteiger partial charge is 0.477 e. The second-order valence-electron chi connectivity index (χ2n) is 8.43. The van der Waals surface area contributed by atoms with E-state index in [2.05, 4.69) is 0 Å². The molecule has 1 spiro atoms. The summed E-state index contributed by atoms with van der Waals surface area (Å²) in [5.41, 5.74) is -0.758. The Labute approximate surface area is 179 Å². The van der Waals surface area contributed by atoms with Gasteiger partial charge in [0.15, 0.2) is 23.4 Å². The van der Waals surface area contributed by atoms with Crippen molar-refractivity contribution in [3.05, 3.63) is 23.3 Å². The van der Waals surface area contributed by atoms with E-state index in [0.717, 1.165) is 11.1 Å². The molecule has 1 N–H and O–H groups in total. The van der Waals surface area contributed by atoms with E-state index in [4.69, 9.17) is 18.9 Å². The van der Waals surface area contributed by atoms with E-state index in [1.54, 1.807) is 30.9 Å². The maximum atomic E-state index is 12.9. The number of aliphatic hydroxyl groups is 1. The lowest BCUT2D eigenvalue weighted by Crippen LogP contribution is -2.77. The van der Waals surface area contributed by atoms with Gasteiger partial charge < -0.3 is 29.0 Å². The van der Waals surface area contributed by atoms with Gasteiger partial charge in [0, 0.05) is 18.5 Å². The van der Waals surface area contributed by atoms with Gasteiger partial charge >= 0.3 is 12.2 Å². The predicted octanol–water partition coefficient (Wildman–Crippen LogP) is 2.10. The molecule has 0 radical (unpaired) electrons. The van der Waals surface area contributed by atoms with Crippen molar-refractivity contribution in [3.63, 3.8) is 0 Å². The van der Waals surface area contributed by atoms with Gasteiger partial charge in [-0.25, -0.2) is 9.59 Å². The van der Waals surface area contributed by atoms with E-state index in [1.807, 2.05) is 0 Å². The SMILES string of the molecule is CCOC(=O)Oc1ccc2c3c1O[C@H]1C(=O)CCC4(O)C(C2)N(C(=O)OCC)CC[C@]314. The molecule has 9 heteroatoms. The molecule has 9 nitrogen and oxygen atoms in total. The average Bonchev–Trinajstić information content (AvgIpc) is 3.08. The number of hydrogen-bond donors (Lipinski definition) is 1. The summed E-state index contributed by atoms with van der Waals surface area (Å²) in [6.45, 7) is 4.15. The lowest BCUT2D eigenvalue weighted by Gasteiger charge is -2.61. The number of hydrogen-bond acceptors (Lipinski definition) is 8. The van der Waals surface area contributed by atoms with Gasteiger partial charge in [-0.1, -0.05) is 6.07 Å². The first-order valence-corrected chi connectivity index (χ1v) is 10.7. The fraction of sp³-hybridized carbons (Fsp3) is 0.591. The van der Waals surface area contributed by atoms with E-state index >= 15 is 0 Å². The number of ketones is 1. The van der Waals surface area contributed by atoms with Gasteiger partial charge in [0.1, 0.15) is 0 Å². The lowest BCUT2D eigenvalue weighted by molar-refractivity contribution is -0.183. The molecule has 2 bridgehead atoms. The van der Waals surface area contributed by atoms with Crippen LogP contribution in [0.2, 0.25) is 0 Å². The second-order valence-corrected chi connectivity index (χ2v) is 8.43. The van der Waals surface area contributed by atoms with Crippen LogP contribution in [0.4, 0.5) is 9.59 Å². The molecule has 2 heterocycles. The Kier molecular flexibility index (Phi) is 4.44. The van der Waals surface area contributed by atoms with Gasteiger partial charge in [0.25, 0.3) is 0 Å². The van der Waals surface area contributed by atoms with E-state index in [1.165, 1.54) is 0 Å². The number of carbonyl (C=O) groups excluding carboxylic acids is 3. The Morgan fingerprint density at radius 1 is 1.23 bits per heavy atom. The third-order valence-electron chi connectivity index (χ3n) is 7.20. The van der Waals surface area contributed by atoms with Crippen LogP contribution < -0.4 is 9.47 Å². The monoisotopic (exact) mass is 431 g/mol. The van der Waals surface area contributed by atoms with Crippen molar-refractivity contribution >= 4 is 18.0 Å². The molecule has 2 aliphatic heterocycles. The summed E-state index contributed by atoms with van der Waals surface area (Å²) >= 11 is 0. The number of carbonyl (C=O) groups is 3. The van der Waals surface area contributed by atoms with Crippen LogP contribution in [0.25, 0.3) is 0 Å². The van der Waals surface area contributed by atoms with Gasteiger partial charge in [-0.3, -0.25) is 4.79 Å². The van der Waals surface area contributed by atoms with Crippen LogP contribution in [-0.4, -0.2) is 65.5 Å². The van der Waals surface area contributed by atoms with Crippen LogP contribution >= 0.6 is 0 Å². The predicted molar refractivity (Wildman–Crippen MR) is 105 cm³/mol. The van der Waals surface area contributed by atoms with Crippen molar-refractivity contribution in [1.29, 1.82) is 0 Å². The van der Waals surface area contributed by atoms with Gasteiger partial charge in [-0.15, -0.1) is 0 Å². The maximum Gasteiger partial charge on any atom is 0.513 e.